The van der Waals surface area contributed by atoms with Crippen molar-refractivity contribution >= 4 is 13.6 Å². The van der Waals surface area contributed by atoms with E-state index >= 15 is 0 Å². The number of aryl methyl sites for hydroxylation is 3. The molecule has 1 rings (SSSR count). The third-order valence-electron chi connectivity index (χ3n) is 1.37. The third-order valence-corrected chi connectivity index (χ3v) is 1.37. The van der Waals surface area contributed by atoms with Crippen LogP contribution in [0.2, 0.25) is 0 Å². The Hall–Kier alpha value is -1.43. The van der Waals surface area contributed by atoms with E-state index < -0.39 is 0 Å². The van der Waals surface area contributed by atoms with Crippen LogP contribution in [0.3, 0.4) is 0 Å². The maximum absolute atomic E-state index is 8.00. The van der Waals surface area contributed by atoms with Gasteiger partial charge in [-0.05, 0) is 20.8 Å². The Morgan fingerprint density at radius 2 is 0.938 bits per heavy atom. The molecule has 0 spiro atoms. The molecule has 1 aromatic rings. The van der Waals surface area contributed by atoms with Crippen LogP contribution in [0.4, 0.5) is 0 Å². The number of nitrogens with zero attached hydrogens (tertiary/aromatic N) is 1. The molecule has 0 saturated carbocycles. The number of carbonyl (C=O) groups excluding carboxylic acids is 2. The van der Waals surface area contributed by atoms with E-state index in [-0.39, 0.29) is 17.1 Å². The van der Waals surface area contributed by atoms with Gasteiger partial charge in [0.05, 0.1) is 0 Å². The quantitative estimate of drug-likeness (QED) is 0.532. The number of rotatable bonds is 0. The van der Waals surface area contributed by atoms with Crippen molar-refractivity contribution in [2.75, 3.05) is 0 Å². The largest absolute Gasteiger partial charge is 0.512 e. The molecular formula is C12H16MnNO2-. The standard InChI is InChI=1S/C9H12.CN.2CH2O.Mn/c1-7-4-8(2)6-9(3)5-7;3*1-2;/h4-6H,1-3H3;;2*1H2;/q;-1;;;. The monoisotopic (exact) mass is 261 g/mol. The molecule has 0 saturated heterocycles. The topological polar surface area (TPSA) is 57.9 Å². The fraction of sp³-hybridized carbons (Fsp3) is 0.250. The predicted molar refractivity (Wildman–Crippen MR) is 59.9 cm³/mol. The summed E-state index contributed by atoms with van der Waals surface area (Å²) in [5, 5.41) is 6.25. The zero-order valence-electron chi connectivity index (χ0n) is 9.79. The molecule has 0 unspecified atom stereocenters. The van der Waals surface area contributed by atoms with Crippen molar-refractivity contribution in [3.05, 3.63) is 41.5 Å². The van der Waals surface area contributed by atoms with E-state index in [4.69, 9.17) is 21.4 Å². The molecule has 0 amide bonds. The average Bonchev–Trinajstić information content (AvgIpc) is 2.24. The van der Waals surface area contributed by atoms with Gasteiger partial charge in [-0.25, -0.2) is 0 Å². The molecule has 1 aromatic carbocycles. The van der Waals surface area contributed by atoms with E-state index in [1.54, 1.807) is 0 Å². The number of hydrogen-bond acceptors (Lipinski definition) is 3. The fourth-order valence-electron chi connectivity index (χ4n) is 1.20. The van der Waals surface area contributed by atoms with Gasteiger partial charge in [0, 0.05) is 17.1 Å². The second-order valence-corrected chi connectivity index (χ2v) is 2.67. The summed E-state index contributed by atoms with van der Waals surface area (Å²) in [6.07, 6.45) is 0. The van der Waals surface area contributed by atoms with Crippen LogP contribution in [-0.4, -0.2) is 13.6 Å². The summed E-state index contributed by atoms with van der Waals surface area (Å²) in [5.41, 5.74) is 4.06. The molecule has 0 aromatic heterocycles. The summed E-state index contributed by atoms with van der Waals surface area (Å²) in [6.45, 7) is 15.1. The van der Waals surface area contributed by atoms with E-state index in [0.717, 1.165) is 0 Å². The number of hydrogen-bond donors (Lipinski definition) is 0. The summed E-state index contributed by atoms with van der Waals surface area (Å²) < 4.78 is 0. The second kappa shape index (κ2) is 19.2. The Kier molecular flexibility index (Phi) is 28.8. The van der Waals surface area contributed by atoms with Crippen LogP contribution in [0.5, 0.6) is 0 Å². The van der Waals surface area contributed by atoms with Gasteiger partial charge in [0.25, 0.3) is 0 Å². The molecule has 4 heteroatoms. The van der Waals surface area contributed by atoms with Crippen molar-refractivity contribution < 1.29 is 26.7 Å². The van der Waals surface area contributed by atoms with E-state index in [1.165, 1.54) is 16.7 Å². The van der Waals surface area contributed by atoms with Gasteiger partial charge in [-0.1, -0.05) is 34.9 Å². The van der Waals surface area contributed by atoms with Crippen LogP contribution in [0.1, 0.15) is 16.7 Å². The van der Waals surface area contributed by atoms with Crippen LogP contribution < -0.4 is 0 Å². The minimum atomic E-state index is 0. The van der Waals surface area contributed by atoms with Crippen molar-refractivity contribution in [1.82, 2.24) is 0 Å². The van der Waals surface area contributed by atoms with Gasteiger partial charge in [-0.15, -0.1) is 0 Å². The molecule has 0 aliphatic carbocycles. The molecule has 0 fully saturated rings. The molecule has 0 N–H and O–H groups in total. The summed E-state index contributed by atoms with van der Waals surface area (Å²) in [4.78, 5) is 16.0. The van der Waals surface area contributed by atoms with E-state index in [1.807, 2.05) is 13.6 Å². The van der Waals surface area contributed by atoms with E-state index in [2.05, 4.69) is 39.0 Å². The Morgan fingerprint density at radius 1 is 0.812 bits per heavy atom. The molecule has 0 aliphatic rings. The first-order valence-electron chi connectivity index (χ1n) is 4.03. The number of carbonyl (C=O) groups is 2. The van der Waals surface area contributed by atoms with Gasteiger partial charge in [-0.3, -0.25) is 0 Å². The van der Waals surface area contributed by atoms with Crippen molar-refractivity contribution in [2.45, 2.75) is 20.8 Å². The van der Waals surface area contributed by atoms with Crippen LogP contribution in [-0.2, 0) is 26.7 Å². The van der Waals surface area contributed by atoms with Gasteiger partial charge in [-0.2, -0.15) is 0 Å². The molecule has 0 aliphatic heterocycles. The summed E-state index contributed by atoms with van der Waals surface area (Å²) in [5.74, 6) is 0. The Morgan fingerprint density at radius 3 is 1.06 bits per heavy atom. The average molecular weight is 261 g/mol. The van der Waals surface area contributed by atoms with E-state index in [0.29, 0.717) is 0 Å². The van der Waals surface area contributed by atoms with Crippen molar-refractivity contribution in [3.63, 3.8) is 0 Å². The first-order chi connectivity index (χ1) is 7.18. The van der Waals surface area contributed by atoms with Gasteiger partial charge in [0.15, 0.2) is 0 Å². The van der Waals surface area contributed by atoms with Crippen molar-refractivity contribution in [2.24, 2.45) is 0 Å². The smallest absolute Gasteiger partial charge is 0.106 e. The molecule has 0 bridgehead atoms. The van der Waals surface area contributed by atoms with Crippen molar-refractivity contribution in [3.8, 4) is 0 Å². The summed E-state index contributed by atoms with van der Waals surface area (Å²) in [6, 6.07) is 6.56. The predicted octanol–water partition coefficient (Wildman–Crippen LogP) is 2.34. The molecule has 89 valence electrons. The molecular weight excluding hydrogens is 245 g/mol. The Labute approximate surface area is 108 Å². The molecule has 3 nitrogen and oxygen atoms in total. The SMILES string of the molecule is C=O.C=O.Cc1cc(C)cc(C)c1.[C-]#N.[Mn]. The fourth-order valence-corrected chi connectivity index (χ4v) is 1.20. The maximum atomic E-state index is 8.00. The van der Waals surface area contributed by atoms with Crippen LogP contribution in [0, 0.1) is 32.6 Å². The first-order valence-corrected chi connectivity index (χ1v) is 4.03. The van der Waals surface area contributed by atoms with E-state index in [9.17, 15) is 0 Å². The van der Waals surface area contributed by atoms with Gasteiger partial charge in [0.1, 0.15) is 13.6 Å². The van der Waals surface area contributed by atoms with Gasteiger partial charge >= 0.3 is 0 Å². The zero-order valence-corrected chi connectivity index (χ0v) is 11.0. The Balaban J connectivity index is -0.0000000900. The molecule has 0 heterocycles. The molecule has 16 heavy (non-hydrogen) atoms. The summed E-state index contributed by atoms with van der Waals surface area (Å²) >= 11 is 0. The zero-order chi connectivity index (χ0) is 12.9. The van der Waals surface area contributed by atoms with Gasteiger partial charge < -0.3 is 21.4 Å². The van der Waals surface area contributed by atoms with Crippen LogP contribution >= 0.6 is 0 Å². The van der Waals surface area contributed by atoms with Crippen LogP contribution in [0.15, 0.2) is 18.2 Å². The number of benzene rings is 1. The summed E-state index contributed by atoms with van der Waals surface area (Å²) in [7, 11) is 0. The normalized spacial score (nSPS) is 6.06. The first kappa shape index (κ1) is 24.0. The minimum Gasteiger partial charge on any atom is -0.512 e. The van der Waals surface area contributed by atoms with Crippen LogP contribution in [0.25, 0.3) is 0 Å². The molecule has 0 atom stereocenters. The van der Waals surface area contributed by atoms with Crippen molar-refractivity contribution in [1.29, 1.82) is 5.26 Å². The third kappa shape index (κ3) is 15.1. The second-order valence-electron chi connectivity index (χ2n) is 2.67. The molecule has 1 radical (unpaired) electrons. The Bertz CT molecular complexity index is 235. The maximum Gasteiger partial charge on any atom is 0.106 e. The van der Waals surface area contributed by atoms with Gasteiger partial charge in [0.2, 0.25) is 0 Å². The minimum absolute atomic E-state index is 0.